The molecule has 0 bridgehead atoms. The Hall–Kier alpha value is -1.20. The second kappa shape index (κ2) is 8.17. The number of hydrogen-bond donors (Lipinski definition) is 1. The number of aryl methyl sites for hydroxylation is 1. The average molecular weight is 277 g/mol. The molecular formula is C15H27N5. The largest absolute Gasteiger partial charge is 0.355 e. The highest BCUT2D eigenvalue weighted by atomic mass is 15.2. The Kier molecular flexibility index (Phi) is 6.21. The van der Waals surface area contributed by atoms with Crippen LogP contribution in [-0.2, 0) is 0 Å². The van der Waals surface area contributed by atoms with E-state index in [1.54, 1.807) is 6.33 Å². The number of anilines is 1. The summed E-state index contributed by atoms with van der Waals surface area (Å²) in [6.07, 6.45) is 6.55. The van der Waals surface area contributed by atoms with Crippen molar-refractivity contribution in [2.75, 3.05) is 44.2 Å². The third-order valence-electron chi connectivity index (χ3n) is 3.88. The van der Waals surface area contributed by atoms with Crippen LogP contribution in [0.4, 0.5) is 5.82 Å². The van der Waals surface area contributed by atoms with Crippen LogP contribution in [0.2, 0.25) is 0 Å². The number of rotatable bonds is 6. The van der Waals surface area contributed by atoms with Crippen molar-refractivity contribution in [3.05, 3.63) is 18.1 Å². The summed E-state index contributed by atoms with van der Waals surface area (Å²) in [5.41, 5.74) is 6.57. The van der Waals surface area contributed by atoms with Crippen LogP contribution in [0.1, 0.15) is 31.4 Å². The molecule has 1 aromatic heterocycles. The minimum atomic E-state index is 0.820. The van der Waals surface area contributed by atoms with E-state index in [1.807, 2.05) is 6.92 Å². The van der Waals surface area contributed by atoms with Crippen LogP contribution in [0.25, 0.3) is 0 Å². The Morgan fingerprint density at radius 3 is 2.80 bits per heavy atom. The maximum absolute atomic E-state index is 5.54. The molecule has 5 heteroatoms. The van der Waals surface area contributed by atoms with Crippen molar-refractivity contribution in [3.8, 4) is 0 Å². The van der Waals surface area contributed by atoms with E-state index < -0.39 is 0 Å². The van der Waals surface area contributed by atoms with E-state index in [0.29, 0.717) is 0 Å². The smallest absolute Gasteiger partial charge is 0.132 e. The van der Waals surface area contributed by atoms with Crippen LogP contribution in [0.5, 0.6) is 0 Å². The zero-order valence-electron chi connectivity index (χ0n) is 12.6. The Morgan fingerprint density at radius 1 is 1.10 bits per heavy atom. The predicted octanol–water partition coefficient (Wildman–Crippen LogP) is 1.43. The van der Waals surface area contributed by atoms with Crippen molar-refractivity contribution in [2.45, 2.75) is 32.6 Å². The number of aromatic nitrogens is 2. The van der Waals surface area contributed by atoms with Gasteiger partial charge in [0.25, 0.3) is 0 Å². The van der Waals surface area contributed by atoms with Gasteiger partial charge in [0.05, 0.1) is 0 Å². The van der Waals surface area contributed by atoms with E-state index in [9.17, 15) is 0 Å². The van der Waals surface area contributed by atoms with Crippen molar-refractivity contribution >= 4 is 5.82 Å². The van der Waals surface area contributed by atoms with Crippen LogP contribution in [0, 0.1) is 6.92 Å². The Morgan fingerprint density at radius 2 is 2.00 bits per heavy atom. The molecule has 0 atom stereocenters. The monoisotopic (exact) mass is 277 g/mol. The second-order valence-electron chi connectivity index (χ2n) is 5.55. The molecule has 1 saturated heterocycles. The van der Waals surface area contributed by atoms with Crippen molar-refractivity contribution < 1.29 is 0 Å². The third-order valence-corrected chi connectivity index (χ3v) is 3.88. The van der Waals surface area contributed by atoms with Gasteiger partial charge in [-0.05, 0) is 45.8 Å². The molecule has 1 aromatic rings. The van der Waals surface area contributed by atoms with Crippen LogP contribution >= 0.6 is 0 Å². The highest BCUT2D eigenvalue weighted by Crippen LogP contribution is 2.14. The van der Waals surface area contributed by atoms with Gasteiger partial charge in [0.15, 0.2) is 0 Å². The lowest BCUT2D eigenvalue weighted by Crippen LogP contribution is -2.31. The maximum Gasteiger partial charge on any atom is 0.132 e. The molecule has 1 aliphatic rings. The third kappa shape index (κ3) is 4.72. The first kappa shape index (κ1) is 15.2. The lowest BCUT2D eigenvalue weighted by atomic mass is 10.2. The molecule has 2 rings (SSSR count). The van der Waals surface area contributed by atoms with E-state index >= 15 is 0 Å². The fourth-order valence-corrected chi connectivity index (χ4v) is 2.69. The van der Waals surface area contributed by atoms with Gasteiger partial charge in [0, 0.05) is 31.4 Å². The van der Waals surface area contributed by atoms with Gasteiger partial charge >= 0.3 is 0 Å². The van der Waals surface area contributed by atoms with Gasteiger partial charge < -0.3 is 15.5 Å². The Labute approximate surface area is 122 Å². The standard InChI is InChI=1S/C15H27N5/c1-14-12-15(18-13-17-14)20-9-5-8-19(10-11-20)7-4-2-3-6-16/h12-13H,2-11,16H2,1H3. The second-order valence-corrected chi connectivity index (χ2v) is 5.55. The van der Waals surface area contributed by atoms with E-state index in [1.165, 1.54) is 32.4 Å². The molecule has 1 fully saturated rings. The Balaban J connectivity index is 1.80. The lowest BCUT2D eigenvalue weighted by molar-refractivity contribution is 0.286. The summed E-state index contributed by atoms with van der Waals surface area (Å²) in [7, 11) is 0. The minimum absolute atomic E-state index is 0.820. The van der Waals surface area contributed by atoms with Crippen molar-refractivity contribution in [2.24, 2.45) is 5.73 Å². The summed E-state index contributed by atoms with van der Waals surface area (Å²) in [6, 6.07) is 2.08. The molecular weight excluding hydrogens is 250 g/mol. The molecule has 0 radical (unpaired) electrons. The van der Waals surface area contributed by atoms with Gasteiger partial charge in [-0.2, -0.15) is 0 Å². The highest BCUT2D eigenvalue weighted by Gasteiger charge is 2.15. The highest BCUT2D eigenvalue weighted by molar-refractivity contribution is 5.38. The van der Waals surface area contributed by atoms with Gasteiger partial charge in [-0.15, -0.1) is 0 Å². The zero-order valence-corrected chi connectivity index (χ0v) is 12.6. The van der Waals surface area contributed by atoms with Crippen LogP contribution in [-0.4, -0.2) is 54.1 Å². The van der Waals surface area contributed by atoms with Crippen molar-refractivity contribution in [3.63, 3.8) is 0 Å². The predicted molar refractivity (Wildman–Crippen MR) is 82.9 cm³/mol. The van der Waals surface area contributed by atoms with E-state index in [0.717, 1.165) is 44.1 Å². The summed E-state index contributed by atoms with van der Waals surface area (Å²) >= 11 is 0. The molecule has 0 aromatic carbocycles. The maximum atomic E-state index is 5.54. The molecule has 0 unspecified atom stereocenters. The van der Waals surface area contributed by atoms with E-state index in [-0.39, 0.29) is 0 Å². The van der Waals surface area contributed by atoms with Crippen molar-refractivity contribution in [1.82, 2.24) is 14.9 Å². The SMILES string of the molecule is Cc1cc(N2CCCN(CCCCCN)CC2)ncn1. The van der Waals surface area contributed by atoms with Crippen LogP contribution in [0.3, 0.4) is 0 Å². The zero-order chi connectivity index (χ0) is 14.2. The molecule has 112 valence electrons. The molecule has 5 nitrogen and oxygen atoms in total. The molecule has 0 aliphatic carbocycles. The van der Waals surface area contributed by atoms with Gasteiger partial charge in [0.1, 0.15) is 12.1 Å². The van der Waals surface area contributed by atoms with E-state index in [2.05, 4.69) is 25.8 Å². The summed E-state index contributed by atoms with van der Waals surface area (Å²) in [6.45, 7) is 8.53. The molecule has 20 heavy (non-hydrogen) atoms. The first-order valence-corrected chi connectivity index (χ1v) is 7.75. The Bertz CT molecular complexity index is 396. The molecule has 0 amide bonds. The summed E-state index contributed by atoms with van der Waals surface area (Å²) in [5.74, 6) is 1.07. The fraction of sp³-hybridized carbons (Fsp3) is 0.733. The molecule has 1 aliphatic heterocycles. The van der Waals surface area contributed by atoms with Gasteiger partial charge in [-0.25, -0.2) is 9.97 Å². The van der Waals surface area contributed by atoms with Crippen LogP contribution in [0.15, 0.2) is 12.4 Å². The van der Waals surface area contributed by atoms with Crippen LogP contribution < -0.4 is 10.6 Å². The average Bonchev–Trinajstić information content (AvgIpc) is 2.69. The summed E-state index contributed by atoms with van der Waals surface area (Å²) in [4.78, 5) is 13.5. The summed E-state index contributed by atoms with van der Waals surface area (Å²) < 4.78 is 0. The molecule has 2 N–H and O–H groups in total. The normalized spacial score (nSPS) is 17.2. The van der Waals surface area contributed by atoms with Gasteiger partial charge in [-0.1, -0.05) is 6.42 Å². The van der Waals surface area contributed by atoms with Gasteiger partial charge in [-0.3, -0.25) is 0 Å². The van der Waals surface area contributed by atoms with E-state index in [4.69, 9.17) is 5.73 Å². The summed E-state index contributed by atoms with van der Waals surface area (Å²) in [5, 5.41) is 0. The minimum Gasteiger partial charge on any atom is -0.355 e. The molecule has 2 heterocycles. The quantitative estimate of drug-likeness (QED) is 0.797. The van der Waals surface area contributed by atoms with Crippen molar-refractivity contribution in [1.29, 1.82) is 0 Å². The lowest BCUT2D eigenvalue weighted by Gasteiger charge is -2.22. The fourth-order valence-electron chi connectivity index (χ4n) is 2.69. The molecule has 0 spiro atoms. The number of nitrogens with two attached hydrogens (primary N) is 1. The number of hydrogen-bond acceptors (Lipinski definition) is 5. The number of unbranched alkanes of at least 4 members (excludes halogenated alkanes) is 2. The first-order chi connectivity index (χ1) is 9.79. The first-order valence-electron chi connectivity index (χ1n) is 7.75. The topological polar surface area (TPSA) is 58.3 Å². The number of nitrogens with zero attached hydrogens (tertiary/aromatic N) is 4. The molecule has 0 saturated carbocycles. The van der Waals surface area contributed by atoms with Gasteiger partial charge in [0.2, 0.25) is 0 Å².